The van der Waals surface area contributed by atoms with Crippen LogP contribution in [0.5, 0.6) is 0 Å². The molecule has 0 amide bonds. The molecule has 0 nitrogen and oxygen atoms in total. The lowest BCUT2D eigenvalue weighted by molar-refractivity contribution is 0.149. The van der Waals surface area contributed by atoms with Crippen LogP contribution in [0.4, 0.5) is 0 Å². The van der Waals surface area contributed by atoms with Gasteiger partial charge in [0.15, 0.2) is 0 Å². The van der Waals surface area contributed by atoms with Crippen LogP contribution in [0.1, 0.15) is 60.3 Å². The van der Waals surface area contributed by atoms with Gasteiger partial charge in [-0.1, -0.05) is 47.5 Å². The van der Waals surface area contributed by atoms with E-state index in [4.69, 9.17) is 0 Å². The summed E-state index contributed by atoms with van der Waals surface area (Å²) in [5.74, 6) is 2.79. The Balaban J connectivity index is 2.62. The highest BCUT2D eigenvalue weighted by Crippen LogP contribution is 2.40. The summed E-state index contributed by atoms with van der Waals surface area (Å²) in [7, 11) is 0. The third-order valence-corrected chi connectivity index (χ3v) is 3.86. The number of hydrogen-bond acceptors (Lipinski definition) is 0. The molecule has 1 saturated carbocycles. The molecule has 0 aromatic heterocycles. The predicted octanol–water partition coefficient (Wildman–Crippen LogP) is 4.49. The summed E-state index contributed by atoms with van der Waals surface area (Å²) in [5, 5.41) is 0. The topological polar surface area (TPSA) is 0 Å². The van der Waals surface area contributed by atoms with Crippen molar-refractivity contribution in [2.45, 2.75) is 60.3 Å². The lowest BCUT2D eigenvalue weighted by Crippen LogP contribution is -2.25. The molecule has 1 rings (SSSR count). The molecule has 13 heavy (non-hydrogen) atoms. The molecule has 0 aliphatic heterocycles. The molecule has 0 heterocycles. The quantitative estimate of drug-likeness (QED) is 0.517. The van der Waals surface area contributed by atoms with Crippen molar-refractivity contribution < 1.29 is 0 Å². The Kier molecular flexibility index (Phi) is 3.43. The largest absolute Gasteiger partial charge is 0.0625 e. The molecular weight excluding hydrogens is 156 g/mol. The van der Waals surface area contributed by atoms with Crippen molar-refractivity contribution >= 4 is 0 Å². The average Bonchev–Trinajstić information content (AvgIpc) is 1.96. The van der Waals surface area contributed by atoms with Gasteiger partial charge in [-0.25, -0.2) is 0 Å². The molecule has 0 aromatic carbocycles. The maximum absolute atomic E-state index is 2.44. The van der Waals surface area contributed by atoms with E-state index in [1.807, 2.05) is 0 Å². The minimum absolute atomic E-state index is 0.577. The van der Waals surface area contributed by atoms with Gasteiger partial charge in [0.1, 0.15) is 0 Å². The van der Waals surface area contributed by atoms with E-state index in [9.17, 15) is 0 Å². The SMILES string of the molecule is CC1CCC(C)C(C)CC(C)(C)C1. The van der Waals surface area contributed by atoms with E-state index in [1.165, 1.54) is 25.7 Å². The normalized spacial score (nSPS) is 40.8. The van der Waals surface area contributed by atoms with E-state index in [2.05, 4.69) is 34.6 Å². The summed E-state index contributed by atoms with van der Waals surface area (Å²) >= 11 is 0. The van der Waals surface area contributed by atoms with Crippen LogP contribution in [-0.4, -0.2) is 0 Å². The van der Waals surface area contributed by atoms with Crippen LogP contribution >= 0.6 is 0 Å². The summed E-state index contributed by atoms with van der Waals surface area (Å²) < 4.78 is 0. The van der Waals surface area contributed by atoms with Crippen LogP contribution in [0.25, 0.3) is 0 Å². The molecule has 0 heteroatoms. The smallest absolute Gasteiger partial charge is 0.0349 e. The highest BCUT2D eigenvalue weighted by molar-refractivity contribution is 4.79. The first-order valence-corrected chi connectivity index (χ1v) is 5.91. The molecule has 1 fully saturated rings. The van der Waals surface area contributed by atoms with E-state index < -0.39 is 0 Å². The molecule has 0 radical (unpaired) electrons. The zero-order valence-electron chi connectivity index (χ0n) is 10.1. The van der Waals surface area contributed by atoms with E-state index in [0.717, 1.165) is 17.8 Å². The summed E-state index contributed by atoms with van der Waals surface area (Å²) in [6.45, 7) is 12.2. The minimum atomic E-state index is 0.577. The summed E-state index contributed by atoms with van der Waals surface area (Å²) in [4.78, 5) is 0. The van der Waals surface area contributed by atoms with Crippen molar-refractivity contribution in [3.63, 3.8) is 0 Å². The lowest BCUT2D eigenvalue weighted by atomic mass is 9.69. The van der Waals surface area contributed by atoms with Crippen LogP contribution in [-0.2, 0) is 0 Å². The Labute approximate surface area is 84.1 Å². The molecule has 1 aliphatic rings. The van der Waals surface area contributed by atoms with Gasteiger partial charge in [0.25, 0.3) is 0 Å². The van der Waals surface area contributed by atoms with Gasteiger partial charge >= 0.3 is 0 Å². The van der Waals surface area contributed by atoms with Crippen molar-refractivity contribution in [3.8, 4) is 0 Å². The van der Waals surface area contributed by atoms with Crippen LogP contribution in [0.3, 0.4) is 0 Å². The first-order chi connectivity index (χ1) is 5.91. The van der Waals surface area contributed by atoms with Crippen LogP contribution in [0.15, 0.2) is 0 Å². The number of rotatable bonds is 0. The Bertz CT molecular complexity index is 157. The Hall–Kier alpha value is 0. The zero-order chi connectivity index (χ0) is 10.1. The number of hydrogen-bond donors (Lipinski definition) is 0. The van der Waals surface area contributed by atoms with Crippen molar-refractivity contribution in [1.29, 1.82) is 0 Å². The molecule has 0 bridgehead atoms. The second kappa shape index (κ2) is 4.02. The van der Waals surface area contributed by atoms with Gasteiger partial charge in [-0.2, -0.15) is 0 Å². The summed E-state index contributed by atoms with van der Waals surface area (Å²) in [6.07, 6.45) is 5.72. The van der Waals surface area contributed by atoms with E-state index >= 15 is 0 Å². The molecule has 0 aromatic rings. The van der Waals surface area contributed by atoms with E-state index in [1.54, 1.807) is 0 Å². The predicted molar refractivity (Wildman–Crippen MR) is 59.7 cm³/mol. The molecule has 3 atom stereocenters. The maximum Gasteiger partial charge on any atom is -0.0349 e. The van der Waals surface area contributed by atoms with Gasteiger partial charge in [0.05, 0.1) is 0 Å². The van der Waals surface area contributed by atoms with Gasteiger partial charge in [0.2, 0.25) is 0 Å². The fraction of sp³-hybridized carbons (Fsp3) is 1.00. The molecule has 78 valence electrons. The van der Waals surface area contributed by atoms with Crippen molar-refractivity contribution in [1.82, 2.24) is 0 Å². The molecule has 0 spiro atoms. The molecular formula is C13H26. The fourth-order valence-corrected chi connectivity index (χ4v) is 3.03. The average molecular weight is 182 g/mol. The Morgan fingerprint density at radius 1 is 0.846 bits per heavy atom. The Morgan fingerprint density at radius 2 is 1.46 bits per heavy atom. The highest BCUT2D eigenvalue weighted by Gasteiger charge is 2.28. The third-order valence-electron chi connectivity index (χ3n) is 3.86. The van der Waals surface area contributed by atoms with Gasteiger partial charge in [-0.05, 0) is 36.0 Å². The Morgan fingerprint density at radius 3 is 2.08 bits per heavy atom. The summed E-state index contributed by atoms with van der Waals surface area (Å²) in [5.41, 5.74) is 0.577. The first-order valence-electron chi connectivity index (χ1n) is 5.91. The second-order valence-electron chi connectivity index (χ2n) is 6.21. The highest BCUT2D eigenvalue weighted by atomic mass is 14.3. The van der Waals surface area contributed by atoms with E-state index in [-0.39, 0.29) is 0 Å². The monoisotopic (exact) mass is 182 g/mol. The van der Waals surface area contributed by atoms with Crippen molar-refractivity contribution in [2.24, 2.45) is 23.2 Å². The third kappa shape index (κ3) is 3.32. The van der Waals surface area contributed by atoms with Gasteiger partial charge in [-0.15, -0.1) is 0 Å². The maximum atomic E-state index is 2.44. The van der Waals surface area contributed by atoms with E-state index in [0.29, 0.717) is 5.41 Å². The van der Waals surface area contributed by atoms with Crippen LogP contribution in [0, 0.1) is 23.2 Å². The zero-order valence-corrected chi connectivity index (χ0v) is 10.1. The van der Waals surface area contributed by atoms with Crippen molar-refractivity contribution in [3.05, 3.63) is 0 Å². The van der Waals surface area contributed by atoms with Gasteiger partial charge in [0, 0.05) is 0 Å². The molecule has 3 unspecified atom stereocenters. The van der Waals surface area contributed by atoms with Crippen LogP contribution in [0.2, 0.25) is 0 Å². The van der Waals surface area contributed by atoms with Gasteiger partial charge < -0.3 is 0 Å². The second-order valence-corrected chi connectivity index (χ2v) is 6.21. The molecule has 0 saturated heterocycles. The summed E-state index contributed by atoms with van der Waals surface area (Å²) in [6, 6.07) is 0. The first kappa shape index (κ1) is 11.1. The molecule has 1 aliphatic carbocycles. The van der Waals surface area contributed by atoms with Gasteiger partial charge in [-0.3, -0.25) is 0 Å². The standard InChI is InChI=1S/C13H26/c1-10-6-7-11(2)12(3)9-13(4,5)8-10/h10-12H,6-9H2,1-5H3. The fourth-order valence-electron chi connectivity index (χ4n) is 3.03. The lowest BCUT2D eigenvalue weighted by Gasteiger charge is -2.36. The minimum Gasteiger partial charge on any atom is -0.0625 e. The molecule has 0 N–H and O–H groups in total. The van der Waals surface area contributed by atoms with Crippen molar-refractivity contribution in [2.75, 3.05) is 0 Å². The van der Waals surface area contributed by atoms with Crippen LogP contribution < -0.4 is 0 Å².